The standard InChI is InChI=1S/C19H34N6.HI/c1-4-16-23-17-10-9-15(13-25(17)24-16)22-18(20-6-3)21-14-19(5-2)11-7-8-12-19;/h15H,4-14H2,1-3H3,(H2,20,21,22);1H. The van der Waals surface area contributed by atoms with E-state index in [1.54, 1.807) is 0 Å². The van der Waals surface area contributed by atoms with Gasteiger partial charge in [-0.15, -0.1) is 24.0 Å². The molecule has 2 heterocycles. The smallest absolute Gasteiger partial charge is 0.191 e. The minimum absolute atomic E-state index is 0. The van der Waals surface area contributed by atoms with E-state index in [1.165, 1.54) is 32.1 Å². The molecule has 1 saturated carbocycles. The van der Waals surface area contributed by atoms with E-state index in [4.69, 9.17) is 4.99 Å². The number of nitrogens with zero attached hydrogens (tertiary/aromatic N) is 4. The average molecular weight is 474 g/mol. The first-order valence-electron chi connectivity index (χ1n) is 10.2. The fourth-order valence-electron chi connectivity index (χ4n) is 4.14. The molecule has 1 aliphatic heterocycles. The number of aliphatic imine (C=N–C) groups is 1. The Morgan fingerprint density at radius 1 is 1.27 bits per heavy atom. The molecule has 1 aliphatic carbocycles. The first-order valence-corrected chi connectivity index (χ1v) is 10.2. The lowest BCUT2D eigenvalue weighted by atomic mass is 9.84. The second-order valence-corrected chi connectivity index (χ2v) is 7.62. The normalized spacial score (nSPS) is 21.8. The van der Waals surface area contributed by atoms with Gasteiger partial charge in [0.05, 0.1) is 6.54 Å². The van der Waals surface area contributed by atoms with Crippen molar-refractivity contribution in [2.75, 3.05) is 13.1 Å². The molecule has 0 aromatic carbocycles. The zero-order chi connectivity index (χ0) is 17.7. The molecule has 6 nitrogen and oxygen atoms in total. The number of rotatable bonds is 6. The maximum atomic E-state index is 4.96. The van der Waals surface area contributed by atoms with Gasteiger partial charge in [0, 0.05) is 32.0 Å². The summed E-state index contributed by atoms with van der Waals surface area (Å²) in [6.07, 6.45) is 9.61. The molecular formula is C19H35IN6. The van der Waals surface area contributed by atoms with Crippen LogP contribution in [-0.4, -0.2) is 39.9 Å². The lowest BCUT2D eigenvalue weighted by Crippen LogP contribution is -2.47. The van der Waals surface area contributed by atoms with Crippen molar-refractivity contribution in [1.29, 1.82) is 0 Å². The Morgan fingerprint density at radius 2 is 2.04 bits per heavy atom. The number of aromatic nitrogens is 3. The molecular weight excluding hydrogens is 439 g/mol. The molecule has 2 N–H and O–H groups in total. The Balaban J connectivity index is 0.00000243. The zero-order valence-corrected chi connectivity index (χ0v) is 18.9. The molecule has 0 bridgehead atoms. The molecule has 2 aliphatic rings. The lowest BCUT2D eigenvalue weighted by molar-refractivity contribution is 0.296. The van der Waals surface area contributed by atoms with Crippen molar-refractivity contribution in [1.82, 2.24) is 25.4 Å². The van der Waals surface area contributed by atoms with Crippen molar-refractivity contribution in [3.63, 3.8) is 0 Å². The van der Waals surface area contributed by atoms with Crippen LogP contribution in [-0.2, 0) is 19.4 Å². The topological polar surface area (TPSA) is 67.1 Å². The Kier molecular flexibility index (Phi) is 8.16. The molecule has 1 aromatic rings. The quantitative estimate of drug-likeness (QED) is 0.377. The van der Waals surface area contributed by atoms with Gasteiger partial charge in [-0.05, 0) is 38.0 Å². The summed E-state index contributed by atoms with van der Waals surface area (Å²) in [6, 6.07) is 0.373. The number of hydrogen-bond donors (Lipinski definition) is 2. The number of nitrogens with one attached hydrogen (secondary N) is 2. The van der Waals surface area contributed by atoms with E-state index < -0.39 is 0 Å². The summed E-state index contributed by atoms with van der Waals surface area (Å²) in [5.74, 6) is 3.06. The van der Waals surface area contributed by atoms with Crippen LogP contribution in [0.1, 0.15) is 70.9 Å². The van der Waals surface area contributed by atoms with Crippen molar-refractivity contribution in [3.05, 3.63) is 11.6 Å². The summed E-state index contributed by atoms with van der Waals surface area (Å²) in [5, 5.41) is 11.7. The molecule has 148 valence electrons. The second kappa shape index (κ2) is 9.90. The molecule has 1 fully saturated rings. The van der Waals surface area contributed by atoms with Gasteiger partial charge in [-0.25, -0.2) is 9.67 Å². The van der Waals surface area contributed by atoms with Crippen LogP contribution in [0, 0.1) is 5.41 Å². The Labute approximate surface area is 175 Å². The van der Waals surface area contributed by atoms with Crippen LogP contribution < -0.4 is 10.6 Å². The number of halogens is 1. The maximum Gasteiger partial charge on any atom is 0.191 e. The number of aryl methyl sites for hydroxylation is 2. The predicted molar refractivity (Wildman–Crippen MR) is 117 cm³/mol. The highest BCUT2D eigenvalue weighted by Gasteiger charge is 2.32. The van der Waals surface area contributed by atoms with Crippen LogP contribution in [0.5, 0.6) is 0 Å². The van der Waals surface area contributed by atoms with E-state index in [0.29, 0.717) is 11.5 Å². The number of fused-ring (bicyclic) bond motifs is 1. The van der Waals surface area contributed by atoms with Crippen molar-refractivity contribution < 1.29 is 0 Å². The molecule has 0 spiro atoms. The SMILES string of the molecule is CCNC(=NCC1(CC)CCCC1)NC1CCc2nc(CC)nn2C1.I. The van der Waals surface area contributed by atoms with Crippen molar-refractivity contribution in [2.45, 2.75) is 84.7 Å². The molecule has 1 unspecified atom stereocenters. The molecule has 1 aromatic heterocycles. The monoisotopic (exact) mass is 474 g/mol. The zero-order valence-electron chi connectivity index (χ0n) is 16.6. The van der Waals surface area contributed by atoms with Crippen LogP contribution >= 0.6 is 24.0 Å². The molecule has 7 heteroatoms. The minimum atomic E-state index is 0. The second-order valence-electron chi connectivity index (χ2n) is 7.62. The third-order valence-corrected chi connectivity index (χ3v) is 5.89. The predicted octanol–water partition coefficient (Wildman–Crippen LogP) is 3.30. The first-order chi connectivity index (χ1) is 12.2. The third kappa shape index (κ3) is 5.10. The summed E-state index contributed by atoms with van der Waals surface area (Å²) in [7, 11) is 0. The van der Waals surface area contributed by atoms with E-state index in [-0.39, 0.29) is 24.0 Å². The fraction of sp³-hybridized carbons (Fsp3) is 0.842. The highest BCUT2D eigenvalue weighted by atomic mass is 127. The number of hydrogen-bond acceptors (Lipinski definition) is 3. The summed E-state index contributed by atoms with van der Waals surface area (Å²) in [6.45, 7) is 9.28. The molecule has 0 saturated heterocycles. The van der Waals surface area contributed by atoms with Crippen molar-refractivity contribution >= 4 is 29.9 Å². The van der Waals surface area contributed by atoms with E-state index in [2.05, 4.69) is 46.2 Å². The highest BCUT2D eigenvalue weighted by Crippen LogP contribution is 2.41. The molecule has 1 atom stereocenters. The Hall–Kier alpha value is -0.860. The van der Waals surface area contributed by atoms with E-state index >= 15 is 0 Å². The van der Waals surface area contributed by atoms with E-state index in [0.717, 1.165) is 56.5 Å². The Bertz CT molecular complexity index is 591. The van der Waals surface area contributed by atoms with Gasteiger partial charge in [-0.2, -0.15) is 5.10 Å². The van der Waals surface area contributed by atoms with Gasteiger partial charge in [0.25, 0.3) is 0 Å². The number of guanidine groups is 1. The van der Waals surface area contributed by atoms with Crippen LogP contribution in [0.15, 0.2) is 4.99 Å². The minimum Gasteiger partial charge on any atom is -0.357 e. The van der Waals surface area contributed by atoms with Crippen LogP contribution in [0.25, 0.3) is 0 Å². The summed E-state index contributed by atoms with van der Waals surface area (Å²) < 4.78 is 2.08. The fourth-order valence-corrected chi connectivity index (χ4v) is 4.14. The molecule has 26 heavy (non-hydrogen) atoms. The third-order valence-electron chi connectivity index (χ3n) is 5.89. The van der Waals surface area contributed by atoms with E-state index in [9.17, 15) is 0 Å². The first kappa shape index (κ1) is 21.4. The average Bonchev–Trinajstić information content (AvgIpc) is 3.26. The van der Waals surface area contributed by atoms with Gasteiger partial charge in [-0.3, -0.25) is 4.99 Å². The summed E-state index contributed by atoms with van der Waals surface area (Å²) in [4.78, 5) is 9.57. The van der Waals surface area contributed by atoms with E-state index in [1.807, 2.05) is 0 Å². The van der Waals surface area contributed by atoms with Crippen molar-refractivity contribution in [3.8, 4) is 0 Å². The van der Waals surface area contributed by atoms with Crippen molar-refractivity contribution in [2.24, 2.45) is 10.4 Å². The maximum absolute atomic E-state index is 4.96. The Morgan fingerprint density at radius 3 is 2.69 bits per heavy atom. The van der Waals surface area contributed by atoms with Gasteiger partial charge >= 0.3 is 0 Å². The highest BCUT2D eigenvalue weighted by molar-refractivity contribution is 14.0. The van der Waals surface area contributed by atoms with Crippen LogP contribution in [0.3, 0.4) is 0 Å². The van der Waals surface area contributed by atoms with Gasteiger partial charge in [-0.1, -0.05) is 26.7 Å². The van der Waals surface area contributed by atoms with Gasteiger partial charge in [0.2, 0.25) is 0 Å². The van der Waals surface area contributed by atoms with Gasteiger partial charge < -0.3 is 10.6 Å². The molecule has 0 amide bonds. The lowest BCUT2D eigenvalue weighted by Gasteiger charge is -2.28. The molecule has 3 rings (SSSR count). The van der Waals surface area contributed by atoms with Crippen LogP contribution in [0.4, 0.5) is 0 Å². The summed E-state index contributed by atoms with van der Waals surface area (Å²) >= 11 is 0. The largest absolute Gasteiger partial charge is 0.357 e. The van der Waals surface area contributed by atoms with Crippen LogP contribution in [0.2, 0.25) is 0 Å². The summed E-state index contributed by atoms with van der Waals surface area (Å²) in [5.41, 5.74) is 0.435. The van der Waals surface area contributed by atoms with Gasteiger partial charge in [0.15, 0.2) is 11.8 Å². The van der Waals surface area contributed by atoms with Gasteiger partial charge in [0.1, 0.15) is 5.82 Å². The molecule has 0 radical (unpaired) electrons.